The first-order chi connectivity index (χ1) is 11.3. The highest BCUT2D eigenvalue weighted by atomic mass is 16.5. The van der Waals surface area contributed by atoms with Gasteiger partial charge in [-0.05, 0) is 24.1 Å². The number of carbonyl (C=O) groups is 2. The normalized spacial score (nSPS) is 16.5. The number of carbonyl (C=O) groups excluding carboxylic acids is 2. The van der Waals surface area contributed by atoms with Crippen LogP contribution in [0.2, 0.25) is 0 Å². The third kappa shape index (κ3) is 12.8. The zero-order chi connectivity index (χ0) is 18.6. The first-order valence-electron chi connectivity index (χ1n) is 7.95. The molecule has 1 aliphatic rings. The Bertz CT molecular complexity index is 465. The van der Waals surface area contributed by atoms with Crippen molar-refractivity contribution in [3.8, 4) is 0 Å². The zero-order valence-corrected chi connectivity index (χ0v) is 15.3. The fraction of sp³-hybridized carbons (Fsp3) is 0.556. The molecule has 1 aliphatic heterocycles. The summed E-state index contributed by atoms with van der Waals surface area (Å²) in [6.07, 6.45) is 2.70. The minimum absolute atomic E-state index is 0.139. The molecule has 0 radical (unpaired) electrons. The predicted molar refractivity (Wildman–Crippen MR) is 98.1 cm³/mol. The van der Waals surface area contributed by atoms with Gasteiger partial charge in [0.15, 0.2) is 0 Å². The molecule has 0 bridgehead atoms. The first kappa shape index (κ1) is 22.2. The summed E-state index contributed by atoms with van der Waals surface area (Å²) in [4.78, 5) is 20.1. The number of hydrogen-bond donors (Lipinski definition) is 3. The van der Waals surface area contributed by atoms with Crippen LogP contribution < -0.4 is 16.4 Å². The summed E-state index contributed by atoms with van der Waals surface area (Å²) < 4.78 is 4.75. The second-order valence-electron chi connectivity index (χ2n) is 6.57. The minimum Gasteiger partial charge on any atom is -0.388 e. The highest BCUT2D eigenvalue weighted by Gasteiger charge is 2.17. The van der Waals surface area contributed by atoms with E-state index in [1.54, 1.807) is 7.11 Å². The van der Waals surface area contributed by atoms with Crippen LogP contribution in [0.5, 0.6) is 0 Å². The summed E-state index contributed by atoms with van der Waals surface area (Å²) in [6, 6.07) is 7.48. The van der Waals surface area contributed by atoms with Gasteiger partial charge in [0.2, 0.25) is 0 Å². The first-order valence-corrected chi connectivity index (χ1v) is 7.95. The van der Waals surface area contributed by atoms with Gasteiger partial charge in [-0.2, -0.15) is 0 Å². The molecular formula is C18H31N3O3. The average molecular weight is 337 g/mol. The van der Waals surface area contributed by atoms with E-state index in [9.17, 15) is 9.59 Å². The van der Waals surface area contributed by atoms with Gasteiger partial charge in [0, 0.05) is 31.8 Å². The molecule has 0 aliphatic carbocycles. The molecule has 0 aromatic heterocycles. The summed E-state index contributed by atoms with van der Waals surface area (Å²) in [6.45, 7) is 6.66. The van der Waals surface area contributed by atoms with E-state index < -0.39 is 0 Å². The van der Waals surface area contributed by atoms with Gasteiger partial charge in [0.25, 0.3) is 0 Å². The van der Waals surface area contributed by atoms with E-state index in [2.05, 4.69) is 10.6 Å². The number of rotatable bonds is 5. The number of aldehydes is 2. The van der Waals surface area contributed by atoms with E-state index in [1.165, 1.54) is 0 Å². The van der Waals surface area contributed by atoms with Gasteiger partial charge in [0.1, 0.15) is 18.8 Å². The van der Waals surface area contributed by atoms with Crippen molar-refractivity contribution < 1.29 is 14.3 Å². The Morgan fingerprint density at radius 3 is 2.08 bits per heavy atom. The SMILES string of the molecule is CC(C)(C)C=O.CNc1ccc(CC(N)C=O)cc1.COC1CN1. The molecule has 0 spiro atoms. The maximum Gasteiger partial charge on any atom is 0.137 e. The Morgan fingerprint density at radius 1 is 1.33 bits per heavy atom. The van der Waals surface area contributed by atoms with Crippen LogP contribution in [0.25, 0.3) is 0 Å². The quantitative estimate of drug-likeness (QED) is 0.557. The lowest BCUT2D eigenvalue weighted by Gasteiger charge is -2.05. The lowest BCUT2D eigenvalue weighted by molar-refractivity contribution is -0.114. The average Bonchev–Trinajstić information content (AvgIpc) is 3.40. The van der Waals surface area contributed by atoms with Crippen LogP contribution >= 0.6 is 0 Å². The van der Waals surface area contributed by atoms with Gasteiger partial charge in [-0.3, -0.25) is 5.32 Å². The van der Waals surface area contributed by atoms with Crippen molar-refractivity contribution in [3.05, 3.63) is 29.8 Å². The van der Waals surface area contributed by atoms with E-state index in [4.69, 9.17) is 10.5 Å². The lowest BCUT2D eigenvalue weighted by Crippen LogP contribution is -2.23. The van der Waals surface area contributed by atoms with Crippen molar-refractivity contribution in [1.29, 1.82) is 0 Å². The molecule has 1 saturated heterocycles. The smallest absolute Gasteiger partial charge is 0.137 e. The molecule has 1 heterocycles. The standard InChI is InChI=1S/C10H14N2O.C5H10O.C3H7NO/c1-12-10-4-2-8(3-5-10)6-9(11)7-13;1-5(2,3)4-6;1-5-3-2-4-3/h2-5,7,9,12H,6,11H2,1H3;4H,1-3H3;3-4H,2H2,1H3. The minimum atomic E-state index is -0.388. The molecule has 0 saturated carbocycles. The lowest BCUT2D eigenvalue weighted by atomic mass is 10.0. The van der Waals surface area contributed by atoms with E-state index in [0.29, 0.717) is 12.6 Å². The van der Waals surface area contributed by atoms with Crippen LogP contribution in [0.3, 0.4) is 0 Å². The second-order valence-corrected chi connectivity index (χ2v) is 6.57. The fourth-order valence-corrected chi connectivity index (χ4v) is 1.34. The Balaban J connectivity index is 0.000000396. The maximum atomic E-state index is 10.3. The molecule has 1 fully saturated rings. The Labute approximate surface area is 145 Å². The third-order valence-electron chi connectivity index (χ3n) is 2.90. The molecule has 6 nitrogen and oxygen atoms in total. The number of benzene rings is 1. The predicted octanol–water partition coefficient (Wildman–Crippen LogP) is 1.59. The molecule has 136 valence electrons. The third-order valence-corrected chi connectivity index (χ3v) is 2.90. The molecular weight excluding hydrogens is 306 g/mol. The number of anilines is 1. The molecule has 1 aromatic rings. The van der Waals surface area contributed by atoms with Crippen LogP contribution in [-0.2, 0) is 20.7 Å². The highest BCUT2D eigenvalue weighted by molar-refractivity contribution is 5.58. The molecule has 2 unspecified atom stereocenters. The van der Waals surface area contributed by atoms with E-state index in [0.717, 1.165) is 30.4 Å². The summed E-state index contributed by atoms with van der Waals surface area (Å²) in [5.41, 5.74) is 7.49. The van der Waals surface area contributed by atoms with Gasteiger partial charge in [-0.25, -0.2) is 0 Å². The topological polar surface area (TPSA) is 103 Å². The number of methoxy groups -OCH3 is 1. The largest absolute Gasteiger partial charge is 0.388 e. The Hall–Kier alpha value is -1.76. The van der Waals surface area contributed by atoms with Gasteiger partial charge in [-0.15, -0.1) is 0 Å². The summed E-state index contributed by atoms with van der Waals surface area (Å²) in [7, 11) is 3.57. The van der Waals surface area contributed by atoms with Crippen LogP contribution in [0.4, 0.5) is 5.69 Å². The summed E-state index contributed by atoms with van der Waals surface area (Å²) in [5, 5.41) is 5.98. The van der Waals surface area contributed by atoms with Crippen LogP contribution in [0.1, 0.15) is 26.3 Å². The summed E-state index contributed by atoms with van der Waals surface area (Å²) >= 11 is 0. The van der Waals surface area contributed by atoms with Crippen LogP contribution in [0, 0.1) is 5.41 Å². The molecule has 4 N–H and O–H groups in total. The summed E-state index contributed by atoms with van der Waals surface area (Å²) in [5.74, 6) is 0. The van der Waals surface area contributed by atoms with Crippen LogP contribution in [-0.4, -0.2) is 45.5 Å². The number of ether oxygens (including phenoxy) is 1. The van der Waals surface area contributed by atoms with Crippen LogP contribution in [0.15, 0.2) is 24.3 Å². The van der Waals surface area contributed by atoms with Crippen molar-refractivity contribution in [2.45, 2.75) is 39.5 Å². The van der Waals surface area contributed by atoms with Crippen molar-refractivity contribution >= 4 is 18.3 Å². The van der Waals surface area contributed by atoms with E-state index >= 15 is 0 Å². The highest BCUT2D eigenvalue weighted by Crippen LogP contribution is 2.09. The number of nitrogens with two attached hydrogens (primary N) is 1. The van der Waals surface area contributed by atoms with Gasteiger partial charge < -0.3 is 25.4 Å². The van der Waals surface area contributed by atoms with Crippen molar-refractivity contribution in [1.82, 2.24) is 5.32 Å². The van der Waals surface area contributed by atoms with Crippen molar-refractivity contribution in [2.24, 2.45) is 11.1 Å². The molecule has 1 aromatic carbocycles. The zero-order valence-electron chi connectivity index (χ0n) is 15.3. The van der Waals surface area contributed by atoms with E-state index in [-0.39, 0.29) is 11.5 Å². The Kier molecular flexibility index (Phi) is 10.9. The van der Waals surface area contributed by atoms with E-state index in [1.807, 2.05) is 52.1 Å². The Morgan fingerprint density at radius 2 is 1.83 bits per heavy atom. The van der Waals surface area contributed by atoms with Crippen molar-refractivity contribution in [2.75, 3.05) is 26.0 Å². The number of hydrogen-bond acceptors (Lipinski definition) is 6. The van der Waals surface area contributed by atoms with Gasteiger partial charge in [0.05, 0.1) is 6.04 Å². The van der Waals surface area contributed by atoms with Gasteiger partial charge in [-0.1, -0.05) is 32.9 Å². The fourth-order valence-electron chi connectivity index (χ4n) is 1.34. The maximum absolute atomic E-state index is 10.3. The molecule has 24 heavy (non-hydrogen) atoms. The number of nitrogens with one attached hydrogen (secondary N) is 2. The second kappa shape index (κ2) is 11.7. The van der Waals surface area contributed by atoms with Crippen molar-refractivity contribution in [3.63, 3.8) is 0 Å². The molecule has 2 rings (SSSR count). The molecule has 6 heteroatoms. The monoisotopic (exact) mass is 337 g/mol. The molecule has 0 amide bonds. The molecule has 2 atom stereocenters. The van der Waals surface area contributed by atoms with Gasteiger partial charge >= 0.3 is 0 Å².